The zero-order valence-corrected chi connectivity index (χ0v) is 15.2. The molecular weight excluding hydrogens is 346 g/mol. The van der Waals surface area contributed by atoms with Crippen LogP contribution in [0.25, 0.3) is 0 Å². The predicted octanol–water partition coefficient (Wildman–Crippen LogP) is 4.38. The zero-order chi connectivity index (χ0) is 17.1. The van der Waals surface area contributed by atoms with Crippen LogP contribution in [0.1, 0.15) is 25.3 Å². The first-order chi connectivity index (χ1) is 11.5. The highest BCUT2D eigenvalue weighted by Gasteiger charge is 2.20. The van der Waals surface area contributed by atoms with Crippen LogP contribution in [0.15, 0.2) is 18.2 Å². The minimum atomic E-state index is -0.352. The quantitative estimate of drug-likeness (QED) is 0.846. The summed E-state index contributed by atoms with van der Waals surface area (Å²) in [6.45, 7) is 6.13. The van der Waals surface area contributed by atoms with E-state index < -0.39 is 0 Å². The molecule has 0 saturated carbocycles. The van der Waals surface area contributed by atoms with Gasteiger partial charge >= 0.3 is 6.03 Å². The Labute approximate surface area is 150 Å². The summed E-state index contributed by atoms with van der Waals surface area (Å²) in [6, 6.07) is 5.02. The van der Waals surface area contributed by atoms with E-state index in [0.717, 1.165) is 30.2 Å². The van der Waals surface area contributed by atoms with Crippen molar-refractivity contribution >= 4 is 44.9 Å². The summed E-state index contributed by atoms with van der Waals surface area (Å²) in [7, 11) is 0. The molecule has 0 aliphatic carbocycles. The van der Waals surface area contributed by atoms with Crippen LogP contribution in [0.3, 0.4) is 0 Å². The fraction of sp³-hybridized carbons (Fsp3) is 0.438. The second-order valence-electron chi connectivity index (χ2n) is 6.12. The number of piperidine rings is 1. The molecule has 2 amide bonds. The van der Waals surface area contributed by atoms with Crippen molar-refractivity contribution < 1.29 is 4.79 Å². The number of rotatable bonds is 3. The number of nitrogens with one attached hydrogen (secondary N) is 2. The molecule has 2 N–H and O–H groups in total. The van der Waals surface area contributed by atoms with Crippen molar-refractivity contribution in [3.05, 3.63) is 28.8 Å². The third-order valence-electron chi connectivity index (χ3n) is 4.01. The van der Waals surface area contributed by atoms with E-state index in [2.05, 4.69) is 32.7 Å². The molecular formula is C16H20ClN5OS. The molecule has 1 fully saturated rings. The Kier molecular flexibility index (Phi) is 5.20. The van der Waals surface area contributed by atoms with Gasteiger partial charge in [0.1, 0.15) is 0 Å². The number of amides is 2. The smallest absolute Gasteiger partial charge is 0.325 e. The number of hydrogen-bond donors (Lipinski definition) is 2. The molecule has 1 saturated heterocycles. The van der Waals surface area contributed by atoms with Gasteiger partial charge in [0.05, 0.1) is 0 Å². The molecule has 1 aromatic heterocycles. The monoisotopic (exact) mass is 365 g/mol. The molecule has 0 spiro atoms. The van der Waals surface area contributed by atoms with Crippen LogP contribution in [0.4, 0.5) is 20.7 Å². The Morgan fingerprint density at radius 2 is 2.21 bits per heavy atom. The van der Waals surface area contributed by atoms with Crippen LogP contribution >= 0.6 is 22.9 Å². The normalized spacial score (nSPS) is 17.6. The van der Waals surface area contributed by atoms with E-state index in [9.17, 15) is 4.79 Å². The number of carbonyl (C=O) groups is 1. The molecule has 1 unspecified atom stereocenters. The standard InChI is InChI=1S/C16H20ClN5OS/c1-10-4-3-7-22(9-10)16-21-20-15(24-16)19-14(23)18-13-8-12(17)6-5-11(13)2/h5-6,8,10H,3-4,7,9H2,1-2H3,(H2,18,19,20,23). The molecule has 1 atom stereocenters. The van der Waals surface area contributed by atoms with Gasteiger partial charge in [-0.05, 0) is 43.4 Å². The Balaban J connectivity index is 1.62. The van der Waals surface area contributed by atoms with E-state index in [4.69, 9.17) is 11.6 Å². The molecule has 2 aromatic rings. The van der Waals surface area contributed by atoms with Gasteiger partial charge in [-0.2, -0.15) is 0 Å². The number of carbonyl (C=O) groups excluding carboxylic acids is 1. The Morgan fingerprint density at radius 3 is 3.00 bits per heavy atom. The molecule has 8 heteroatoms. The van der Waals surface area contributed by atoms with Gasteiger partial charge in [-0.1, -0.05) is 35.9 Å². The van der Waals surface area contributed by atoms with E-state index in [1.807, 2.05) is 13.0 Å². The third-order valence-corrected chi connectivity index (χ3v) is 5.14. The van der Waals surface area contributed by atoms with E-state index in [0.29, 0.717) is 21.8 Å². The van der Waals surface area contributed by atoms with Gasteiger partial charge < -0.3 is 10.2 Å². The highest BCUT2D eigenvalue weighted by molar-refractivity contribution is 7.19. The van der Waals surface area contributed by atoms with Crippen LogP contribution in [0.2, 0.25) is 5.02 Å². The summed E-state index contributed by atoms with van der Waals surface area (Å²) in [6.07, 6.45) is 2.42. The largest absolute Gasteiger partial charge is 0.346 e. The SMILES string of the molecule is Cc1ccc(Cl)cc1NC(=O)Nc1nnc(N2CCCC(C)C2)s1. The molecule has 1 aliphatic rings. The van der Waals surface area contributed by atoms with Gasteiger partial charge in [-0.15, -0.1) is 10.2 Å². The van der Waals surface area contributed by atoms with Crippen LogP contribution in [0, 0.1) is 12.8 Å². The van der Waals surface area contributed by atoms with Crippen molar-refractivity contribution in [3.8, 4) is 0 Å². The Morgan fingerprint density at radius 1 is 1.38 bits per heavy atom. The summed E-state index contributed by atoms with van der Waals surface area (Å²) in [5.74, 6) is 0.660. The Bertz CT molecular complexity index is 735. The molecule has 1 aliphatic heterocycles. The lowest BCUT2D eigenvalue weighted by Crippen LogP contribution is -2.34. The van der Waals surface area contributed by atoms with Crippen LogP contribution in [0.5, 0.6) is 0 Å². The lowest BCUT2D eigenvalue weighted by Gasteiger charge is -2.29. The number of nitrogens with zero attached hydrogens (tertiary/aromatic N) is 3. The first kappa shape index (κ1) is 17.0. The maximum atomic E-state index is 12.1. The second kappa shape index (κ2) is 7.36. The molecule has 24 heavy (non-hydrogen) atoms. The number of halogens is 1. The molecule has 1 aromatic carbocycles. The van der Waals surface area contributed by atoms with Gasteiger partial charge in [0, 0.05) is 23.8 Å². The summed E-state index contributed by atoms with van der Waals surface area (Å²) in [4.78, 5) is 14.4. The van der Waals surface area contributed by atoms with Crippen molar-refractivity contribution in [3.63, 3.8) is 0 Å². The average molecular weight is 366 g/mol. The van der Waals surface area contributed by atoms with Crippen molar-refractivity contribution in [2.45, 2.75) is 26.7 Å². The maximum absolute atomic E-state index is 12.1. The lowest BCUT2D eigenvalue weighted by molar-refractivity contribution is 0.262. The molecule has 0 radical (unpaired) electrons. The minimum Gasteiger partial charge on any atom is -0.346 e. The van der Waals surface area contributed by atoms with E-state index in [-0.39, 0.29) is 6.03 Å². The predicted molar refractivity (Wildman–Crippen MR) is 99.4 cm³/mol. The topological polar surface area (TPSA) is 70.1 Å². The van der Waals surface area contributed by atoms with Crippen molar-refractivity contribution in [1.29, 1.82) is 0 Å². The Hall–Kier alpha value is -1.86. The van der Waals surface area contributed by atoms with Gasteiger partial charge in [-0.25, -0.2) is 4.79 Å². The number of benzene rings is 1. The first-order valence-corrected chi connectivity index (χ1v) is 9.13. The van der Waals surface area contributed by atoms with Gasteiger partial charge in [-0.3, -0.25) is 5.32 Å². The molecule has 3 rings (SSSR count). The highest BCUT2D eigenvalue weighted by atomic mass is 35.5. The van der Waals surface area contributed by atoms with Crippen LogP contribution in [-0.4, -0.2) is 29.3 Å². The fourth-order valence-electron chi connectivity index (χ4n) is 2.74. The fourth-order valence-corrected chi connectivity index (χ4v) is 3.68. The highest BCUT2D eigenvalue weighted by Crippen LogP contribution is 2.28. The summed E-state index contributed by atoms with van der Waals surface area (Å²) < 4.78 is 0. The molecule has 0 bridgehead atoms. The number of anilines is 3. The van der Waals surface area contributed by atoms with Gasteiger partial charge in [0.15, 0.2) is 0 Å². The molecule has 6 nitrogen and oxygen atoms in total. The molecule has 128 valence electrons. The summed E-state index contributed by atoms with van der Waals surface area (Å²) in [5, 5.41) is 15.7. The van der Waals surface area contributed by atoms with Crippen molar-refractivity contribution in [1.82, 2.24) is 10.2 Å². The number of urea groups is 1. The van der Waals surface area contributed by atoms with Gasteiger partial charge in [0.2, 0.25) is 10.3 Å². The molecule has 2 heterocycles. The van der Waals surface area contributed by atoms with Crippen molar-refractivity contribution in [2.24, 2.45) is 5.92 Å². The summed E-state index contributed by atoms with van der Waals surface area (Å²) in [5.41, 5.74) is 1.62. The third kappa shape index (κ3) is 4.15. The zero-order valence-electron chi connectivity index (χ0n) is 13.7. The van der Waals surface area contributed by atoms with Gasteiger partial charge in [0.25, 0.3) is 0 Å². The van der Waals surface area contributed by atoms with E-state index in [1.54, 1.807) is 12.1 Å². The number of hydrogen-bond acceptors (Lipinski definition) is 5. The lowest BCUT2D eigenvalue weighted by atomic mass is 10.0. The maximum Gasteiger partial charge on any atom is 0.325 e. The van der Waals surface area contributed by atoms with E-state index >= 15 is 0 Å². The number of aryl methyl sites for hydroxylation is 1. The summed E-state index contributed by atoms with van der Waals surface area (Å²) >= 11 is 7.36. The second-order valence-corrected chi connectivity index (χ2v) is 7.51. The minimum absolute atomic E-state index is 0.352. The van der Waals surface area contributed by atoms with Crippen molar-refractivity contribution in [2.75, 3.05) is 28.6 Å². The average Bonchev–Trinajstić information content (AvgIpc) is 2.99. The van der Waals surface area contributed by atoms with E-state index in [1.165, 1.54) is 17.8 Å². The van der Waals surface area contributed by atoms with Crippen LogP contribution < -0.4 is 15.5 Å². The van der Waals surface area contributed by atoms with Crippen LogP contribution in [-0.2, 0) is 0 Å². The number of aromatic nitrogens is 2. The first-order valence-electron chi connectivity index (χ1n) is 7.94.